The van der Waals surface area contributed by atoms with Gasteiger partial charge in [-0.25, -0.2) is 4.79 Å². The lowest BCUT2D eigenvalue weighted by Crippen LogP contribution is -2.50. The van der Waals surface area contributed by atoms with Crippen LogP contribution < -0.4 is 19.8 Å². The second-order valence-electron chi connectivity index (χ2n) is 7.03. The lowest BCUT2D eigenvalue weighted by molar-refractivity contribution is -0.0356. The van der Waals surface area contributed by atoms with Crippen molar-refractivity contribution in [3.05, 3.63) is 45.8 Å². The van der Waals surface area contributed by atoms with Gasteiger partial charge in [-0.3, -0.25) is 0 Å². The number of hydrogen-bond acceptors (Lipinski definition) is 6. The average molecular weight is 370 g/mol. The molecule has 1 aromatic heterocycles. The Morgan fingerprint density at radius 2 is 1.96 bits per heavy atom. The minimum atomic E-state index is -0.812. The zero-order valence-electron chi connectivity index (χ0n) is 15.6. The van der Waals surface area contributed by atoms with Crippen LogP contribution in [0.4, 0.5) is 0 Å². The van der Waals surface area contributed by atoms with E-state index in [9.17, 15) is 9.90 Å². The van der Waals surface area contributed by atoms with Gasteiger partial charge in [0.15, 0.2) is 17.1 Å². The lowest BCUT2D eigenvalue weighted by atomic mass is 9.77. The van der Waals surface area contributed by atoms with Gasteiger partial charge in [-0.1, -0.05) is 0 Å². The highest BCUT2D eigenvalue weighted by Gasteiger charge is 2.44. The van der Waals surface area contributed by atoms with Crippen LogP contribution in [0.2, 0.25) is 0 Å². The molecular weight excluding hydrogens is 348 g/mol. The molecule has 0 saturated heterocycles. The number of ether oxygens (including phenoxy) is 3. The van der Waals surface area contributed by atoms with E-state index in [0.29, 0.717) is 40.6 Å². The summed E-state index contributed by atoms with van der Waals surface area (Å²) in [6, 6.07) is 6.97. The largest absolute Gasteiger partial charge is 0.493 e. The van der Waals surface area contributed by atoms with Crippen molar-refractivity contribution in [2.45, 2.75) is 37.9 Å². The molecule has 1 aromatic carbocycles. The Labute approximate surface area is 157 Å². The Morgan fingerprint density at radius 3 is 2.70 bits per heavy atom. The summed E-state index contributed by atoms with van der Waals surface area (Å²) in [6.07, 6.45) is 3.54. The van der Waals surface area contributed by atoms with Gasteiger partial charge in [-0.05, 0) is 56.0 Å². The highest BCUT2D eigenvalue weighted by molar-refractivity contribution is 5.69. The van der Waals surface area contributed by atoms with Crippen LogP contribution in [-0.2, 0) is 0 Å². The summed E-state index contributed by atoms with van der Waals surface area (Å²) in [7, 11) is 3.11. The normalized spacial score (nSPS) is 23.6. The van der Waals surface area contributed by atoms with Crippen LogP contribution >= 0.6 is 0 Å². The van der Waals surface area contributed by atoms with E-state index >= 15 is 0 Å². The molecule has 2 unspecified atom stereocenters. The summed E-state index contributed by atoms with van der Waals surface area (Å²) in [6.45, 7) is 1.87. The van der Waals surface area contributed by atoms with Crippen molar-refractivity contribution < 1.29 is 23.7 Å². The third kappa shape index (κ3) is 2.80. The maximum Gasteiger partial charge on any atom is 0.347 e. The number of benzene rings is 1. The summed E-state index contributed by atoms with van der Waals surface area (Å²) in [5.41, 5.74) is 0.710. The first-order chi connectivity index (χ1) is 13.0. The fourth-order valence-corrected chi connectivity index (χ4v) is 3.80. The van der Waals surface area contributed by atoms with Crippen LogP contribution in [0.5, 0.6) is 17.2 Å². The van der Waals surface area contributed by atoms with Gasteiger partial charge in [0, 0.05) is 11.6 Å². The molecule has 0 bridgehead atoms. The zero-order valence-corrected chi connectivity index (χ0v) is 15.6. The monoisotopic (exact) mass is 370 g/mol. The fourth-order valence-electron chi connectivity index (χ4n) is 3.80. The van der Waals surface area contributed by atoms with Gasteiger partial charge in [0.1, 0.15) is 17.1 Å². The van der Waals surface area contributed by atoms with Gasteiger partial charge in [-0.15, -0.1) is 0 Å². The first kappa shape index (κ1) is 17.7. The molecule has 142 valence electrons. The molecule has 1 saturated carbocycles. The van der Waals surface area contributed by atoms with Crippen LogP contribution in [0.15, 0.2) is 39.1 Å². The molecule has 0 amide bonds. The molecule has 0 spiro atoms. The Morgan fingerprint density at radius 1 is 1.19 bits per heavy atom. The zero-order chi connectivity index (χ0) is 19.2. The van der Waals surface area contributed by atoms with Crippen molar-refractivity contribution in [3.8, 4) is 28.6 Å². The van der Waals surface area contributed by atoms with Crippen LogP contribution in [0, 0.1) is 0 Å². The summed E-state index contributed by atoms with van der Waals surface area (Å²) >= 11 is 0. The minimum absolute atomic E-state index is 0.366. The predicted octanol–water partition coefficient (Wildman–Crippen LogP) is 3.40. The third-order valence-corrected chi connectivity index (χ3v) is 5.46. The molecule has 27 heavy (non-hydrogen) atoms. The molecule has 1 aliphatic carbocycles. The first-order valence-corrected chi connectivity index (χ1v) is 8.95. The van der Waals surface area contributed by atoms with E-state index in [1.54, 1.807) is 38.5 Å². The molecule has 1 N–H and O–H groups in total. The lowest BCUT2D eigenvalue weighted by Gasteiger charge is -2.43. The van der Waals surface area contributed by atoms with E-state index < -0.39 is 17.3 Å². The van der Waals surface area contributed by atoms with Crippen LogP contribution in [-0.4, -0.2) is 31.0 Å². The molecule has 1 fully saturated rings. The summed E-state index contributed by atoms with van der Waals surface area (Å²) in [5.74, 6) is 1.91. The van der Waals surface area contributed by atoms with Crippen molar-refractivity contribution >= 4 is 6.08 Å². The Balaban J connectivity index is 1.81. The van der Waals surface area contributed by atoms with Crippen LogP contribution in [0.25, 0.3) is 17.4 Å². The molecule has 4 rings (SSSR count). The van der Waals surface area contributed by atoms with E-state index in [1.165, 1.54) is 0 Å². The number of aliphatic hydroxyl groups is 1. The van der Waals surface area contributed by atoms with Crippen molar-refractivity contribution in [3.63, 3.8) is 0 Å². The van der Waals surface area contributed by atoms with Gasteiger partial charge in [0.2, 0.25) is 0 Å². The fraction of sp³-hybridized carbons (Fsp3) is 0.381. The Kier molecular flexibility index (Phi) is 4.23. The SMILES string of the molecule is COc1ccc(-c2cc3c(c(=O)o2)C=C2CCCC(O)C2(C)O3)cc1OC. The van der Waals surface area contributed by atoms with Gasteiger partial charge >= 0.3 is 5.63 Å². The van der Waals surface area contributed by atoms with Crippen molar-refractivity contribution in [1.29, 1.82) is 0 Å². The topological polar surface area (TPSA) is 78.1 Å². The number of hydrogen-bond donors (Lipinski definition) is 1. The summed E-state index contributed by atoms with van der Waals surface area (Å²) in [5, 5.41) is 10.5. The molecule has 2 aromatic rings. The standard InChI is InChI=1S/C21H22O6/c1-21-13(5-4-6-19(21)22)10-14-17(27-21)11-16(26-20(14)23)12-7-8-15(24-2)18(9-12)25-3/h7-11,19,22H,4-6H2,1-3H3. The van der Waals surface area contributed by atoms with Crippen molar-refractivity contribution in [2.24, 2.45) is 0 Å². The van der Waals surface area contributed by atoms with Gasteiger partial charge in [0.25, 0.3) is 0 Å². The van der Waals surface area contributed by atoms with Gasteiger partial charge < -0.3 is 23.7 Å². The van der Waals surface area contributed by atoms with Crippen LogP contribution in [0.1, 0.15) is 31.7 Å². The summed E-state index contributed by atoms with van der Waals surface area (Å²) in [4.78, 5) is 12.6. The molecule has 0 radical (unpaired) electrons. The van der Waals surface area contributed by atoms with Crippen LogP contribution in [0.3, 0.4) is 0 Å². The molecule has 2 heterocycles. The summed E-state index contributed by atoms with van der Waals surface area (Å²) < 4.78 is 22.3. The van der Waals surface area contributed by atoms with E-state index in [-0.39, 0.29) is 0 Å². The maximum absolute atomic E-state index is 12.6. The second kappa shape index (κ2) is 6.46. The van der Waals surface area contributed by atoms with Crippen molar-refractivity contribution in [1.82, 2.24) is 0 Å². The van der Waals surface area contributed by atoms with E-state index in [2.05, 4.69) is 0 Å². The molecular formula is C21H22O6. The van der Waals surface area contributed by atoms with E-state index in [1.807, 2.05) is 13.0 Å². The number of rotatable bonds is 3. The molecule has 6 heteroatoms. The Bertz CT molecular complexity index is 973. The number of methoxy groups -OCH3 is 2. The maximum atomic E-state index is 12.6. The molecule has 2 aliphatic rings. The average Bonchev–Trinajstić information content (AvgIpc) is 2.67. The number of aliphatic hydroxyl groups excluding tert-OH is 1. The smallest absolute Gasteiger partial charge is 0.347 e. The third-order valence-electron chi connectivity index (χ3n) is 5.46. The highest BCUT2D eigenvalue weighted by Crippen LogP contribution is 2.44. The number of fused-ring (bicyclic) bond motifs is 2. The second-order valence-corrected chi connectivity index (χ2v) is 7.03. The Hall–Kier alpha value is -2.73. The molecule has 1 aliphatic heterocycles. The van der Waals surface area contributed by atoms with E-state index in [4.69, 9.17) is 18.6 Å². The molecule has 6 nitrogen and oxygen atoms in total. The first-order valence-electron chi connectivity index (χ1n) is 8.95. The molecule has 2 atom stereocenters. The van der Waals surface area contributed by atoms with E-state index in [0.717, 1.165) is 18.4 Å². The van der Waals surface area contributed by atoms with Crippen molar-refractivity contribution in [2.75, 3.05) is 14.2 Å². The quantitative estimate of drug-likeness (QED) is 0.892. The predicted molar refractivity (Wildman–Crippen MR) is 100 cm³/mol. The van der Waals surface area contributed by atoms with Gasteiger partial charge in [0.05, 0.1) is 20.3 Å². The highest BCUT2D eigenvalue weighted by atomic mass is 16.5. The van der Waals surface area contributed by atoms with Gasteiger partial charge in [-0.2, -0.15) is 0 Å². The minimum Gasteiger partial charge on any atom is -0.493 e.